The van der Waals surface area contributed by atoms with Crippen LogP contribution < -0.4 is 5.32 Å². The maximum Gasteiger partial charge on any atom is 0.197 e. The molecule has 0 saturated heterocycles. The van der Waals surface area contributed by atoms with E-state index in [0.29, 0.717) is 12.2 Å². The second kappa shape index (κ2) is 7.42. The highest BCUT2D eigenvalue weighted by atomic mass is 35.5. The van der Waals surface area contributed by atoms with Gasteiger partial charge >= 0.3 is 0 Å². The number of benzene rings is 1. The van der Waals surface area contributed by atoms with Crippen molar-refractivity contribution in [3.63, 3.8) is 0 Å². The molecule has 136 valence electrons. The lowest BCUT2D eigenvalue weighted by Gasteiger charge is -2.13. The van der Waals surface area contributed by atoms with Gasteiger partial charge in [0.25, 0.3) is 0 Å². The van der Waals surface area contributed by atoms with Crippen LogP contribution in [-0.4, -0.2) is 37.6 Å². The number of nitrogens with one attached hydrogen (secondary N) is 1. The number of aromatic nitrogens is 5. The number of hydrogen-bond donors (Lipinski definition) is 1. The summed E-state index contributed by atoms with van der Waals surface area (Å²) in [5.41, 5.74) is 5.91. The Kier molecular flexibility index (Phi) is 4.83. The highest BCUT2D eigenvalue weighted by Gasteiger charge is 2.12. The van der Waals surface area contributed by atoms with Crippen molar-refractivity contribution in [1.29, 1.82) is 0 Å². The van der Waals surface area contributed by atoms with Gasteiger partial charge in [-0.25, -0.2) is 15.0 Å². The Morgan fingerprint density at radius 3 is 2.96 bits per heavy atom. The molecule has 1 aliphatic rings. The minimum atomic E-state index is 0. The van der Waals surface area contributed by atoms with Gasteiger partial charge in [0.2, 0.25) is 0 Å². The van der Waals surface area contributed by atoms with Crippen LogP contribution in [0.2, 0.25) is 0 Å². The Morgan fingerprint density at radius 1 is 1.11 bits per heavy atom. The summed E-state index contributed by atoms with van der Waals surface area (Å²) in [6, 6.07) is 10.4. The summed E-state index contributed by atoms with van der Waals surface area (Å²) in [5, 5.41) is 4.47. The van der Waals surface area contributed by atoms with Crippen LogP contribution in [0.5, 0.6) is 0 Å². The molecular formula is C20H19ClN6. The number of fused-ring (bicyclic) bond motifs is 2. The van der Waals surface area contributed by atoms with Crippen molar-refractivity contribution >= 4 is 40.2 Å². The maximum atomic E-state index is 4.85. The summed E-state index contributed by atoms with van der Waals surface area (Å²) >= 11 is 0. The lowest BCUT2D eigenvalue weighted by atomic mass is 10.1. The van der Waals surface area contributed by atoms with Crippen molar-refractivity contribution in [3.8, 4) is 0 Å². The Hall–Kier alpha value is -2.83. The first-order valence-corrected chi connectivity index (χ1v) is 8.78. The predicted octanol–water partition coefficient (Wildman–Crippen LogP) is 3.22. The van der Waals surface area contributed by atoms with Crippen LogP contribution in [0.3, 0.4) is 0 Å². The molecule has 4 heterocycles. The van der Waals surface area contributed by atoms with Gasteiger partial charge in [0.05, 0.1) is 30.3 Å². The van der Waals surface area contributed by atoms with E-state index in [1.54, 1.807) is 0 Å². The molecule has 0 radical (unpaired) electrons. The third kappa shape index (κ3) is 3.41. The van der Waals surface area contributed by atoms with E-state index in [9.17, 15) is 0 Å². The molecule has 6 nitrogen and oxygen atoms in total. The summed E-state index contributed by atoms with van der Waals surface area (Å²) in [4.78, 5) is 18.1. The summed E-state index contributed by atoms with van der Waals surface area (Å²) < 4.78 is 2.06. The van der Waals surface area contributed by atoms with Gasteiger partial charge in [-0.05, 0) is 42.3 Å². The first-order chi connectivity index (χ1) is 12.9. The quantitative estimate of drug-likeness (QED) is 0.592. The van der Waals surface area contributed by atoms with Gasteiger partial charge in [0, 0.05) is 18.1 Å². The van der Waals surface area contributed by atoms with Crippen molar-refractivity contribution in [1.82, 2.24) is 29.8 Å². The normalized spacial score (nSPS) is 14.1. The molecule has 0 atom stereocenters. The molecule has 1 N–H and O–H groups in total. The topological polar surface area (TPSA) is 68.5 Å². The van der Waals surface area contributed by atoms with Crippen molar-refractivity contribution in [2.45, 2.75) is 13.0 Å². The number of halogens is 1. The highest BCUT2D eigenvalue weighted by Crippen LogP contribution is 2.20. The van der Waals surface area contributed by atoms with Crippen LogP contribution in [0.25, 0.3) is 27.8 Å². The van der Waals surface area contributed by atoms with Gasteiger partial charge in [0.15, 0.2) is 11.3 Å². The van der Waals surface area contributed by atoms with Gasteiger partial charge in [-0.1, -0.05) is 18.2 Å². The zero-order valence-corrected chi connectivity index (χ0v) is 15.5. The minimum Gasteiger partial charge on any atom is -0.313 e. The molecule has 1 aromatic carbocycles. The van der Waals surface area contributed by atoms with E-state index in [4.69, 9.17) is 4.98 Å². The van der Waals surface area contributed by atoms with Gasteiger partial charge in [0.1, 0.15) is 0 Å². The third-order valence-corrected chi connectivity index (χ3v) is 4.74. The van der Waals surface area contributed by atoms with Crippen molar-refractivity contribution in [2.24, 2.45) is 0 Å². The smallest absolute Gasteiger partial charge is 0.197 e. The molecular weight excluding hydrogens is 360 g/mol. The average Bonchev–Trinajstić information content (AvgIpc) is 3.10. The molecule has 3 aromatic heterocycles. The van der Waals surface area contributed by atoms with E-state index < -0.39 is 0 Å². The molecule has 0 fully saturated rings. The molecule has 0 unspecified atom stereocenters. The maximum absolute atomic E-state index is 4.85. The molecule has 0 amide bonds. The van der Waals surface area contributed by atoms with Crippen molar-refractivity contribution < 1.29 is 0 Å². The Bertz CT molecular complexity index is 1130. The van der Waals surface area contributed by atoms with Crippen LogP contribution in [0, 0.1) is 0 Å². The van der Waals surface area contributed by atoms with Crippen molar-refractivity contribution in [3.05, 3.63) is 66.4 Å². The lowest BCUT2D eigenvalue weighted by Crippen LogP contribution is -2.20. The average molecular weight is 379 g/mol. The zero-order chi connectivity index (χ0) is 17.3. The first kappa shape index (κ1) is 17.6. The fourth-order valence-corrected chi connectivity index (χ4v) is 3.38. The van der Waals surface area contributed by atoms with E-state index in [1.165, 1.54) is 11.1 Å². The van der Waals surface area contributed by atoms with Gasteiger partial charge in [-0.3, -0.25) is 4.98 Å². The third-order valence-electron chi connectivity index (χ3n) is 4.74. The monoisotopic (exact) mass is 378 g/mol. The fraction of sp³-hybridized carbons (Fsp3) is 0.200. The number of nitrogens with zero attached hydrogens (tertiary/aromatic N) is 5. The number of pyridine rings is 1. The summed E-state index contributed by atoms with van der Waals surface area (Å²) in [6.45, 7) is 2.58. The Morgan fingerprint density at radius 2 is 2.07 bits per heavy atom. The van der Waals surface area contributed by atoms with Crippen LogP contribution in [-0.2, 0) is 6.54 Å². The second-order valence-electron chi connectivity index (χ2n) is 6.49. The van der Waals surface area contributed by atoms with Crippen LogP contribution in [0.15, 0.2) is 55.1 Å². The van der Waals surface area contributed by atoms with E-state index in [0.717, 1.165) is 41.8 Å². The van der Waals surface area contributed by atoms with E-state index in [2.05, 4.69) is 55.2 Å². The van der Waals surface area contributed by atoms with Crippen LogP contribution in [0.1, 0.15) is 17.7 Å². The SMILES string of the molecule is C1=C(c2cnc3ncn(Cc4ccc5ncccc5c4)c3n2)CCNC1.Cl. The second-order valence-corrected chi connectivity index (χ2v) is 6.49. The van der Waals surface area contributed by atoms with E-state index >= 15 is 0 Å². The molecule has 27 heavy (non-hydrogen) atoms. The molecule has 0 saturated carbocycles. The zero-order valence-electron chi connectivity index (χ0n) is 14.7. The van der Waals surface area contributed by atoms with Crippen LogP contribution in [0.4, 0.5) is 0 Å². The van der Waals surface area contributed by atoms with Gasteiger partial charge in [-0.2, -0.15) is 0 Å². The lowest BCUT2D eigenvalue weighted by molar-refractivity contribution is 0.736. The van der Waals surface area contributed by atoms with Gasteiger partial charge < -0.3 is 9.88 Å². The summed E-state index contributed by atoms with van der Waals surface area (Å²) in [7, 11) is 0. The highest BCUT2D eigenvalue weighted by molar-refractivity contribution is 5.85. The van der Waals surface area contributed by atoms with Gasteiger partial charge in [-0.15, -0.1) is 12.4 Å². The molecule has 0 aliphatic carbocycles. The van der Waals surface area contributed by atoms with Crippen molar-refractivity contribution in [2.75, 3.05) is 13.1 Å². The molecule has 7 heteroatoms. The Balaban J connectivity index is 0.00000180. The molecule has 0 bridgehead atoms. The number of hydrogen-bond acceptors (Lipinski definition) is 5. The molecule has 0 spiro atoms. The number of rotatable bonds is 3. The van der Waals surface area contributed by atoms with E-state index in [1.807, 2.05) is 24.8 Å². The minimum absolute atomic E-state index is 0. The molecule has 5 rings (SSSR count). The van der Waals surface area contributed by atoms with E-state index in [-0.39, 0.29) is 12.4 Å². The summed E-state index contributed by atoms with van der Waals surface area (Å²) in [6.07, 6.45) is 8.64. The molecule has 1 aliphatic heterocycles. The first-order valence-electron chi connectivity index (χ1n) is 8.78. The standard InChI is InChI=1S/C20H18N6.ClH/c1-2-16-10-14(3-4-17(16)22-7-1)12-26-13-24-19-20(26)25-18(11-23-19)15-5-8-21-9-6-15;/h1-5,7,10-11,13,21H,6,8-9,12H2;1H. The predicted molar refractivity (Wildman–Crippen MR) is 109 cm³/mol. The Labute approximate surface area is 162 Å². The molecule has 4 aromatic rings. The largest absolute Gasteiger partial charge is 0.313 e. The van der Waals surface area contributed by atoms with Crippen LogP contribution >= 0.6 is 12.4 Å². The summed E-state index contributed by atoms with van der Waals surface area (Å²) in [5.74, 6) is 0. The fourth-order valence-electron chi connectivity index (χ4n) is 3.38. The number of imidazole rings is 1.